The minimum Gasteiger partial charge on any atom is -0.388 e. The topological polar surface area (TPSA) is 76.6 Å². The highest BCUT2D eigenvalue weighted by molar-refractivity contribution is 5.90. The number of amides is 1. The predicted octanol–water partition coefficient (Wildman–Crippen LogP) is 1.50. The van der Waals surface area contributed by atoms with Crippen LogP contribution in [0.15, 0.2) is 18.2 Å². The lowest BCUT2D eigenvalue weighted by Crippen LogP contribution is -2.55. The third kappa shape index (κ3) is 2.84. The molecule has 1 amide bonds. The quantitative estimate of drug-likeness (QED) is 0.785. The summed E-state index contributed by atoms with van der Waals surface area (Å²) in [5.41, 5.74) is 0.796. The number of piperidine rings is 1. The Kier molecular flexibility index (Phi) is 3.90. The van der Waals surface area contributed by atoms with Crippen LogP contribution in [0.4, 0.5) is 4.39 Å². The number of aliphatic hydroxyl groups is 2. The van der Waals surface area contributed by atoms with E-state index in [0.29, 0.717) is 23.9 Å². The monoisotopic (exact) mass is 320 g/mol. The van der Waals surface area contributed by atoms with Crippen molar-refractivity contribution in [3.05, 3.63) is 35.3 Å². The van der Waals surface area contributed by atoms with Crippen molar-refractivity contribution < 1.29 is 19.4 Å². The van der Waals surface area contributed by atoms with Crippen LogP contribution >= 0.6 is 0 Å². The summed E-state index contributed by atoms with van der Waals surface area (Å²) in [4.78, 5) is 17.1. The average Bonchev–Trinajstić information content (AvgIpc) is 2.80. The van der Waals surface area contributed by atoms with E-state index in [1.807, 2.05) is 6.92 Å². The Labute approximate surface area is 133 Å². The summed E-state index contributed by atoms with van der Waals surface area (Å²) in [6, 6.07) is 4.80. The summed E-state index contributed by atoms with van der Waals surface area (Å²) in [6.07, 6.45) is -0.479. The van der Waals surface area contributed by atoms with E-state index in [1.165, 1.54) is 6.07 Å². The highest BCUT2D eigenvalue weighted by Gasteiger charge is 2.37. The lowest BCUT2D eigenvalue weighted by Gasteiger charge is -2.40. The van der Waals surface area contributed by atoms with E-state index in [0.717, 1.165) is 11.3 Å². The smallest absolute Gasteiger partial charge is 0.227 e. The van der Waals surface area contributed by atoms with E-state index in [4.69, 9.17) is 0 Å². The van der Waals surface area contributed by atoms with Gasteiger partial charge in [0.1, 0.15) is 5.82 Å². The standard InChI is InChI=1S/C17H21FN2O3/c1-10-12(11-4-3-5-13(18)16(11)19-10)8-15(22)20-7-6-17(2,23)14(21)9-20/h3-5,14,19,21,23H,6-9H2,1-2H3/t14-,17+/m1/s1. The van der Waals surface area contributed by atoms with Gasteiger partial charge in [-0.15, -0.1) is 0 Å². The molecule has 1 fully saturated rings. The van der Waals surface area contributed by atoms with Gasteiger partial charge in [0.25, 0.3) is 0 Å². The maximum atomic E-state index is 13.8. The van der Waals surface area contributed by atoms with Crippen LogP contribution in [0.5, 0.6) is 0 Å². The van der Waals surface area contributed by atoms with E-state index >= 15 is 0 Å². The van der Waals surface area contributed by atoms with Crippen molar-refractivity contribution in [2.75, 3.05) is 13.1 Å². The SMILES string of the molecule is Cc1[nH]c2c(F)cccc2c1CC(=O)N1CC[C@](C)(O)[C@H](O)C1. The number of β-amino-alcohol motifs (C(OH)–C–C–N with tert-alkyl or cyclic N) is 1. The minimum atomic E-state index is -1.16. The zero-order valence-electron chi connectivity index (χ0n) is 13.3. The molecule has 0 spiro atoms. The van der Waals surface area contributed by atoms with Gasteiger partial charge in [0.15, 0.2) is 0 Å². The van der Waals surface area contributed by atoms with E-state index in [2.05, 4.69) is 4.98 Å². The maximum Gasteiger partial charge on any atom is 0.227 e. The molecule has 0 radical (unpaired) electrons. The number of carbonyl (C=O) groups excluding carboxylic acids is 1. The number of aliphatic hydroxyl groups excluding tert-OH is 1. The predicted molar refractivity (Wildman–Crippen MR) is 84.5 cm³/mol. The van der Waals surface area contributed by atoms with E-state index in [9.17, 15) is 19.4 Å². The van der Waals surface area contributed by atoms with Crippen LogP contribution in [0.3, 0.4) is 0 Å². The molecule has 2 heterocycles. The zero-order chi connectivity index (χ0) is 16.8. The van der Waals surface area contributed by atoms with Gasteiger partial charge in [-0.05, 0) is 31.9 Å². The normalized spacial score (nSPS) is 25.1. The number of aromatic nitrogens is 1. The number of nitrogens with one attached hydrogen (secondary N) is 1. The van der Waals surface area contributed by atoms with Gasteiger partial charge in [0, 0.05) is 24.2 Å². The Hall–Kier alpha value is -1.92. The number of benzene rings is 1. The molecule has 23 heavy (non-hydrogen) atoms. The van der Waals surface area contributed by atoms with Crippen LogP contribution in [0.2, 0.25) is 0 Å². The van der Waals surface area contributed by atoms with Gasteiger partial charge in [-0.3, -0.25) is 4.79 Å². The van der Waals surface area contributed by atoms with Crippen molar-refractivity contribution in [1.82, 2.24) is 9.88 Å². The van der Waals surface area contributed by atoms with Gasteiger partial charge in [0.2, 0.25) is 5.91 Å². The van der Waals surface area contributed by atoms with Gasteiger partial charge < -0.3 is 20.1 Å². The highest BCUT2D eigenvalue weighted by Crippen LogP contribution is 2.27. The molecule has 1 aliphatic rings. The van der Waals surface area contributed by atoms with Crippen LogP contribution in [0.25, 0.3) is 10.9 Å². The van der Waals surface area contributed by atoms with E-state index in [1.54, 1.807) is 24.0 Å². The lowest BCUT2D eigenvalue weighted by atomic mass is 9.90. The fourth-order valence-electron chi connectivity index (χ4n) is 3.11. The van der Waals surface area contributed by atoms with Crippen LogP contribution in [-0.2, 0) is 11.2 Å². The molecule has 0 aliphatic carbocycles. The first kappa shape index (κ1) is 16.0. The molecule has 5 nitrogen and oxygen atoms in total. The number of hydrogen-bond donors (Lipinski definition) is 3. The molecule has 1 aromatic carbocycles. The second kappa shape index (κ2) is 5.62. The average molecular weight is 320 g/mol. The largest absolute Gasteiger partial charge is 0.388 e. The van der Waals surface area contributed by atoms with E-state index < -0.39 is 11.7 Å². The highest BCUT2D eigenvalue weighted by atomic mass is 19.1. The summed E-state index contributed by atoms with van der Waals surface area (Å²) in [6.45, 7) is 3.91. The Bertz CT molecular complexity index is 754. The summed E-state index contributed by atoms with van der Waals surface area (Å²) in [5, 5.41) is 20.6. The number of carbonyl (C=O) groups is 1. The number of likely N-dealkylation sites (tertiary alicyclic amines) is 1. The van der Waals surface area contributed by atoms with Crippen molar-refractivity contribution in [1.29, 1.82) is 0 Å². The molecule has 1 aromatic heterocycles. The lowest BCUT2D eigenvalue weighted by molar-refractivity contribution is -0.145. The number of aryl methyl sites for hydroxylation is 1. The number of hydrogen-bond acceptors (Lipinski definition) is 3. The second-order valence-corrected chi connectivity index (χ2v) is 6.53. The summed E-state index contributed by atoms with van der Waals surface area (Å²) in [7, 11) is 0. The third-order valence-corrected chi connectivity index (χ3v) is 4.78. The fraction of sp³-hybridized carbons (Fsp3) is 0.471. The Balaban J connectivity index is 1.82. The molecule has 0 bridgehead atoms. The van der Waals surface area contributed by atoms with Crippen molar-refractivity contribution in [3.8, 4) is 0 Å². The van der Waals surface area contributed by atoms with Gasteiger partial charge in [-0.1, -0.05) is 12.1 Å². The summed E-state index contributed by atoms with van der Waals surface area (Å²) < 4.78 is 13.8. The first-order chi connectivity index (χ1) is 10.8. The fourth-order valence-corrected chi connectivity index (χ4v) is 3.11. The number of para-hydroxylation sites is 1. The molecule has 2 aromatic rings. The number of H-pyrrole nitrogens is 1. The number of halogens is 1. The molecule has 1 saturated heterocycles. The van der Waals surface area contributed by atoms with Gasteiger partial charge in [0.05, 0.1) is 23.6 Å². The minimum absolute atomic E-state index is 0.113. The Morgan fingerprint density at radius 2 is 2.26 bits per heavy atom. The van der Waals surface area contributed by atoms with Crippen LogP contribution < -0.4 is 0 Å². The molecular formula is C17H21FN2O3. The Morgan fingerprint density at radius 3 is 2.96 bits per heavy atom. The number of fused-ring (bicyclic) bond motifs is 1. The number of nitrogens with zero attached hydrogens (tertiary/aromatic N) is 1. The molecule has 2 atom stereocenters. The van der Waals surface area contributed by atoms with Gasteiger partial charge >= 0.3 is 0 Å². The van der Waals surface area contributed by atoms with Crippen molar-refractivity contribution >= 4 is 16.8 Å². The Morgan fingerprint density at radius 1 is 1.52 bits per heavy atom. The van der Waals surface area contributed by atoms with Crippen LogP contribution in [0, 0.1) is 12.7 Å². The van der Waals surface area contributed by atoms with Gasteiger partial charge in [-0.2, -0.15) is 0 Å². The van der Waals surface area contributed by atoms with E-state index in [-0.39, 0.29) is 24.7 Å². The molecule has 3 rings (SSSR count). The molecular weight excluding hydrogens is 299 g/mol. The maximum absolute atomic E-state index is 13.8. The molecule has 3 N–H and O–H groups in total. The third-order valence-electron chi connectivity index (χ3n) is 4.78. The molecule has 1 aliphatic heterocycles. The first-order valence-corrected chi connectivity index (χ1v) is 7.73. The summed E-state index contributed by atoms with van der Waals surface area (Å²) in [5.74, 6) is -0.471. The zero-order valence-corrected chi connectivity index (χ0v) is 13.3. The first-order valence-electron chi connectivity index (χ1n) is 7.73. The van der Waals surface area contributed by atoms with Gasteiger partial charge in [-0.25, -0.2) is 4.39 Å². The van der Waals surface area contributed by atoms with Crippen LogP contribution in [0.1, 0.15) is 24.6 Å². The molecule has 6 heteroatoms. The summed E-state index contributed by atoms with van der Waals surface area (Å²) >= 11 is 0. The van der Waals surface area contributed by atoms with Crippen molar-refractivity contribution in [2.45, 2.75) is 38.4 Å². The molecule has 0 saturated carbocycles. The van der Waals surface area contributed by atoms with Crippen LogP contribution in [-0.4, -0.2) is 50.8 Å². The number of rotatable bonds is 2. The number of aromatic amines is 1. The van der Waals surface area contributed by atoms with Crippen molar-refractivity contribution in [3.63, 3.8) is 0 Å². The molecule has 124 valence electrons. The second-order valence-electron chi connectivity index (χ2n) is 6.53. The molecule has 0 unspecified atom stereocenters. The van der Waals surface area contributed by atoms with Crippen molar-refractivity contribution in [2.24, 2.45) is 0 Å².